The van der Waals surface area contributed by atoms with Crippen LogP contribution in [0.15, 0.2) is 30.4 Å². The lowest BCUT2D eigenvalue weighted by molar-refractivity contribution is 0.695. The minimum atomic E-state index is 1.06. The van der Waals surface area contributed by atoms with E-state index in [9.17, 15) is 0 Å². The SMILES string of the molecule is [C]1=C/CCCCC/C=C\C\C=C/1. The van der Waals surface area contributed by atoms with Crippen LogP contribution in [0.1, 0.15) is 38.5 Å². The summed E-state index contributed by atoms with van der Waals surface area (Å²) in [4.78, 5) is 0. The molecule has 0 saturated carbocycles. The van der Waals surface area contributed by atoms with Gasteiger partial charge in [-0.15, -0.1) is 0 Å². The molecule has 0 fully saturated rings. The molecular weight excluding hydrogens is 144 g/mol. The fraction of sp³-hybridized carbons (Fsp3) is 0.500. The maximum Gasteiger partial charge on any atom is -0.0166 e. The summed E-state index contributed by atoms with van der Waals surface area (Å²) in [6.45, 7) is 0. The second kappa shape index (κ2) is 6.90. The lowest BCUT2D eigenvalue weighted by Gasteiger charge is -1.95. The third-order valence-electron chi connectivity index (χ3n) is 1.99. The molecule has 0 spiro atoms. The smallest absolute Gasteiger partial charge is 0.0166 e. The number of hydrogen-bond acceptors (Lipinski definition) is 0. The molecule has 65 valence electrons. The fourth-order valence-electron chi connectivity index (χ4n) is 1.27. The Morgan fingerprint density at radius 3 is 2.75 bits per heavy atom. The topological polar surface area (TPSA) is 0 Å². The predicted molar refractivity (Wildman–Crippen MR) is 53.8 cm³/mol. The molecule has 0 bridgehead atoms. The van der Waals surface area contributed by atoms with Gasteiger partial charge in [-0.05, 0) is 38.2 Å². The van der Waals surface area contributed by atoms with Crippen molar-refractivity contribution >= 4 is 0 Å². The molecule has 0 saturated heterocycles. The van der Waals surface area contributed by atoms with Gasteiger partial charge in [-0.25, -0.2) is 0 Å². The Bertz CT molecular complexity index is 172. The van der Waals surface area contributed by atoms with E-state index in [4.69, 9.17) is 0 Å². The maximum atomic E-state index is 3.16. The fourth-order valence-corrected chi connectivity index (χ4v) is 1.27. The number of rotatable bonds is 0. The van der Waals surface area contributed by atoms with Crippen LogP contribution in [0.25, 0.3) is 0 Å². The van der Waals surface area contributed by atoms with Gasteiger partial charge in [0.25, 0.3) is 0 Å². The van der Waals surface area contributed by atoms with E-state index in [1.54, 1.807) is 0 Å². The molecule has 0 N–H and O–H groups in total. The van der Waals surface area contributed by atoms with Crippen LogP contribution >= 0.6 is 0 Å². The lowest BCUT2D eigenvalue weighted by Crippen LogP contribution is -1.75. The lowest BCUT2D eigenvalue weighted by atomic mass is 10.1. The molecule has 12 heavy (non-hydrogen) atoms. The maximum absolute atomic E-state index is 3.16. The minimum Gasteiger partial charge on any atom is -0.0882 e. The number of hydrogen-bond donors (Lipinski definition) is 0. The van der Waals surface area contributed by atoms with Crippen LogP contribution in [0, 0.1) is 6.08 Å². The molecule has 1 rings (SSSR count). The highest BCUT2D eigenvalue weighted by molar-refractivity contribution is 4.99. The molecule has 0 atom stereocenters. The Balaban J connectivity index is 2.31. The van der Waals surface area contributed by atoms with Gasteiger partial charge < -0.3 is 0 Å². The molecule has 1 aliphatic rings. The van der Waals surface area contributed by atoms with Gasteiger partial charge in [-0.2, -0.15) is 0 Å². The van der Waals surface area contributed by atoms with Crippen LogP contribution in [0.2, 0.25) is 0 Å². The normalized spacial score (nSPS) is 28.0. The van der Waals surface area contributed by atoms with Gasteiger partial charge in [0.2, 0.25) is 0 Å². The van der Waals surface area contributed by atoms with Crippen molar-refractivity contribution in [3.63, 3.8) is 0 Å². The average molecular weight is 161 g/mol. The molecule has 1 radical (unpaired) electrons. The van der Waals surface area contributed by atoms with E-state index in [1.165, 1.54) is 32.1 Å². The highest BCUT2D eigenvalue weighted by Gasteiger charge is 1.85. The van der Waals surface area contributed by atoms with Crippen molar-refractivity contribution in [1.29, 1.82) is 0 Å². The summed E-state index contributed by atoms with van der Waals surface area (Å²) in [7, 11) is 0. The highest BCUT2D eigenvalue weighted by Crippen LogP contribution is 2.05. The van der Waals surface area contributed by atoms with Crippen LogP contribution in [0.5, 0.6) is 0 Å². The van der Waals surface area contributed by atoms with Crippen molar-refractivity contribution in [2.24, 2.45) is 0 Å². The first kappa shape index (κ1) is 9.31. The third kappa shape index (κ3) is 4.95. The largest absolute Gasteiger partial charge is 0.0882 e. The van der Waals surface area contributed by atoms with E-state index in [0.29, 0.717) is 0 Å². The highest BCUT2D eigenvalue weighted by atomic mass is 13.9. The Morgan fingerprint density at radius 2 is 1.75 bits per heavy atom. The van der Waals surface area contributed by atoms with Gasteiger partial charge >= 0.3 is 0 Å². The van der Waals surface area contributed by atoms with E-state index in [0.717, 1.165) is 6.42 Å². The molecule has 1 aliphatic carbocycles. The molecule has 0 amide bonds. The first-order valence-corrected chi connectivity index (χ1v) is 4.88. The van der Waals surface area contributed by atoms with E-state index >= 15 is 0 Å². The number of allylic oxidation sites excluding steroid dienone is 6. The zero-order chi connectivity index (χ0) is 8.49. The molecule has 0 aliphatic heterocycles. The van der Waals surface area contributed by atoms with Crippen molar-refractivity contribution < 1.29 is 0 Å². The Labute approximate surface area is 75.7 Å². The van der Waals surface area contributed by atoms with Gasteiger partial charge in [-0.1, -0.05) is 36.8 Å². The second-order valence-corrected chi connectivity index (χ2v) is 3.12. The molecule has 0 nitrogen and oxygen atoms in total. The minimum absolute atomic E-state index is 1.06. The van der Waals surface area contributed by atoms with Crippen LogP contribution in [0.4, 0.5) is 0 Å². The summed E-state index contributed by atoms with van der Waals surface area (Å²) in [6.07, 6.45) is 21.5. The van der Waals surface area contributed by atoms with E-state index in [1.807, 2.05) is 6.08 Å². The Morgan fingerprint density at radius 1 is 0.833 bits per heavy atom. The van der Waals surface area contributed by atoms with Gasteiger partial charge in [0, 0.05) is 0 Å². The Kier molecular flexibility index (Phi) is 5.35. The monoisotopic (exact) mass is 161 g/mol. The van der Waals surface area contributed by atoms with E-state index < -0.39 is 0 Å². The molecule has 0 unspecified atom stereocenters. The molecular formula is C12H17. The van der Waals surface area contributed by atoms with Crippen LogP contribution < -0.4 is 0 Å². The van der Waals surface area contributed by atoms with Crippen molar-refractivity contribution in [1.82, 2.24) is 0 Å². The summed E-state index contributed by atoms with van der Waals surface area (Å²) in [5.74, 6) is 0. The van der Waals surface area contributed by atoms with Crippen LogP contribution in [-0.2, 0) is 0 Å². The Hall–Kier alpha value is -0.780. The van der Waals surface area contributed by atoms with E-state index in [-0.39, 0.29) is 0 Å². The van der Waals surface area contributed by atoms with Crippen molar-refractivity contribution in [2.75, 3.05) is 0 Å². The van der Waals surface area contributed by atoms with Crippen molar-refractivity contribution in [3.8, 4) is 0 Å². The predicted octanol–water partition coefficient (Wildman–Crippen LogP) is 3.81. The van der Waals surface area contributed by atoms with Gasteiger partial charge in [0.05, 0.1) is 0 Å². The molecule has 0 aromatic heterocycles. The van der Waals surface area contributed by atoms with Crippen molar-refractivity contribution in [2.45, 2.75) is 38.5 Å². The van der Waals surface area contributed by atoms with Crippen molar-refractivity contribution in [3.05, 3.63) is 36.5 Å². The van der Waals surface area contributed by atoms with Gasteiger partial charge in [-0.3, -0.25) is 0 Å². The second-order valence-electron chi connectivity index (χ2n) is 3.12. The van der Waals surface area contributed by atoms with Gasteiger partial charge in [0.1, 0.15) is 0 Å². The van der Waals surface area contributed by atoms with E-state index in [2.05, 4.69) is 30.4 Å². The third-order valence-corrected chi connectivity index (χ3v) is 1.99. The first-order valence-electron chi connectivity index (χ1n) is 4.88. The molecule has 0 aromatic rings. The molecule has 0 aromatic carbocycles. The zero-order valence-corrected chi connectivity index (χ0v) is 7.63. The summed E-state index contributed by atoms with van der Waals surface area (Å²) < 4.78 is 0. The summed E-state index contributed by atoms with van der Waals surface area (Å²) in [5, 5.41) is 0. The average Bonchev–Trinajstić information content (AvgIpc) is 2.05. The summed E-state index contributed by atoms with van der Waals surface area (Å²) in [5.41, 5.74) is 0. The zero-order valence-electron chi connectivity index (χ0n) is 7.63. The first-order chi connectivity index (χ1) is 6.00. The van der Waals surface area contributed by atoms with Crippen LogP contribution in [-0.4, -0.2) is 0 Å². The quantitative estimate of drug-likeness (QED) is 0.474. The molecule has 0 heterocycles. The van der Waals surface area contributed by atoms with Gasteiger partial charge in [0.15, 0.2) is 0 Å². The standard InChI is InChI=1S/C12H17/c1-2-4-6-8-10-12-11-9-7-5-3-1/h1-2,5,7,11H,3-4,6,8,10,12H2/b2-1-,7-5-,11-9?. The summed E-state index contributed by atoms with van der Waals surface area (Å²) >= 11 is 0. The molecule has 0 heteroatoms. The summed E-state index contributed by atoms with van der Waals surface area (Å²) in [6, 6.07) is 0. The van der Waals surface area contributed by atoms with Crippen LogP contribution in [0.3, 0.4) is 0 Å².